The topological polar surface area (TPSA) is 47.3 Å². The van der Waals surface area contributed by atoms with Crippen LogP contribution in [-0.4, -0.2) is 6.10 Å². The van der Waals surface area contributed by atoms with E-state index in [0.717, 1.165) is 17.2 Å². The minimum absolute atomic E-state index is 0.146. The van der Waals surface area contributed by atoms with Gasteiger partial charge in [-0.15, -0.1) is 13.2 Å². The van der Waals surface area contributed by atoms with E-state index in [1.807, 2.05) is 19.1 Å². The summed E-state index contributed by atoms with van der Waals surface area (Å²) in [4.78, 5) is 0. The first-order valence-corrected chi connectivity index (χ1v) is 8.41. The Hall–Kier alpha value is -1.32. The van der Waals surface area contributed by atoms with Crippen LogP contribution >= 0.6 is 0 Å². The normalized spacial score (nSPS) is 18.0. The van der Waals surface area contributed by atoms with Crippen molar-refractivity contribution in [3.8, 4) is 5.75 Å². The van der Waals surface area contributed by atoms with Crippen LogP contribution in [0.5, 0.6) is 5.75 Å². The molecule has 22 heavy (non-hydrogen) atoms. The van der Waals surface area contributed by atoms with Gasteiger partial charge >= 0.3 is 0 Å². The van der Waals surface area contributed by atoms with Crippen LogP contribution in [0, 0.1) is 5.92 Å². The molecule has 0 spiro atoms. The number of benzene rings is 1. The first-order chi connectivity index (χ1) is 10.7. The maximum Gasteiger partial charge on any atom is 0.120 e. The molecular formula is C19H32N2O. The van der Waals surface area contributed by atoms with Crippen LogP contribution in [0.25, 0.3) is 0 Å². The summed E-state index contributed by atoms with van der Waals surface area (Å²) in [5.41, 5.74) is 3.93. The Morgan fingerprint density at radius 3 is 2.55 bits per heavy atom. The molecule has 3 nitrogen and oxygen atoms in total. The summed E-state index contributed by atoms with van der Waals surface area (Å²) < 4.78 is 6.08. The third-order valence-electron chi connectivity index (χ3n) is 4.34. The van der Waals surface area contributed by atoms with Crippen molar-refractivity contribution in [2.24, 2.45) is 11.8 Å². The zero-order valence-corrected chi connectivity index (χ0v) is 14.2. The quantitative estimate of drug-likeness (QED) is 0.453. The Morgan fingerprint density at radius 2 is 1.91 bits per heavy atom. The minimum Gasteiger partial charge on any atom is -0.491 e. The van der Waals surface area contributed by atoms with Gasteiger partial charge < -0.3 is 4.74 Å². The molecule has 0 bridgehead atoms. The second-order valence-corrected chi connectivity index (χ2v) is 6.13. The average molecular weight is 304 g/mol. The van der Waals surface area contributed by atoms with Gasteiger partial charge in [0, 0.05) is 6.04 Å². The smallest absolute Gasteiger partial charge is 0.120 e. The molecule has 0 heterocycles. The van der Waals surface area contributed by atoms with Crippen molar-refractivity contribution in [3.05, 3.63) is 43.0 Å². The third kappa shape index (κ3) is 6.20. The summed E-state index contributed by atoms with van der Waals surface area (Å²) in [6.45, 7) is 10.2. The highest BCUT2D eigenvalue weighted by atomic mass is 16.5. The second-order valence-electron chi connectivity index (χ2n) is 6.13. The number of hydrazine groups is 1. The third-order valence-corrected chi connectivity index (χ3v) is 4.34. The van der Waals surface area contributed by atoms with E-state index < -0.39 is 0 Å². The van der Waals surface area contributed by atoms with Crippen LogP contribution in [0.2, 0.25) is 0 Å². The SMILES string of the molecule is C=C.CC(CC1CCCCC1)Oc1cccc(C(C)NN)c1. The Balaban J connectivity index is 0.00000116. The highest BCUT2D eigenvalue weighted by molar-refractivity contribution is 5.30. The average Bonchev–Trinajstić information content (AvgIpc) is 2.57. The van der Waals surface area contributed by atoms with E-state index in [1.54, 1.807) is 0 Å². The highest BCUT2D eigenvalue weighted by Gasteiger charge is 2.17. The number of ether oxygens (including phenoxy) is 1. The van der Waals surface area contributed by atoms with Gasteiger partial charge in [-0.25, -0.2) is 0 Å². The van der Waals surface area contributed by atoms with Crippen LogP contribution in [-0.2, 0) is 0 Å². The molecule has 1 fully saturated rings. The predicted octanol–water partition coefficient (Wildman–Crippen LogP) is 4.75. The maximum atomic E-state index is 6.08. The van der Waals surface area contributed by atoms with E-state index >= 15 is 0 Å². The van der Waals surface area contributed by atoms with Crippen molar-refractivity contribution >= 4 is 0 Å². The van der Waals surface area contributed by atoms with Crippen molar-refractivity contribution < 1.29 is 4.74 Å². The van der Waals surface area contributed by atoms with E-state index in [1.165, 1.54) is 38.5 Å². The van der Waals surface area contributed by atoms with Crippen LogP contribution in [0.4, 0.5) is 0 Å². The highest BCUT2D eigenvalue weighted by Crippen LogP contribution is 2.29. The van der Waals surface area contributed by atoms with Gasteiger partial charge in [0.25, 0.3) is 0 Å². The first-order valence-electron chi connectivity index (χ1n) is 8.41. The van der Waals surface area contributed by atoms with Crippen LogP contribution < -0.4 is 16.0 Å². The lowest BCUT2D eigenvalue weighted by Crippen LogP contribution is -2.25. The summed E-state index contributed by atoms with van der Waals surface area (Å²) in [5.74, 6) is 7.29. The zero-order valence-electron chi connectivity index (χ0n) is 14.2. The summed E-state index contributed by atoms with van der Waals surface area (Å²) in [5, 5.41) is 0. The molecule has 3 N–H and O–H groups in total. The van der Waals surface area contributed by atoms with Gasteiger partial charge in [0.1, 0.15) is 5.75 Å². The maximum absolute atomic E-state index is 6.08. The number of nitrogens with one attached hydrogen (secondary N) is 1. The first kappa shape index (κ1) is 18.7. The largest absolute Gasteiger partial charge is 0.491 e. The fourth-order valence-electron chi connectivity index (χ4n) is 3.13. The number of nitrogens with two attached hydrogens (primary N) is 1. The monoisotopic (exact) mass is 304 g/mol. The lowest BCUT2D eigenvalue weighted by Gasteiger charge is -2.25. The van der Waals surface area contributed by atoms with E-state index in [2.05, 4.69) is 37.6 Å². The molecule has 2 unspecified atom stereocenters. The van der Waals surface area contributed by atoms with Gasteiger partial charge in [-0.1, -0.05) is 44.2 Å². The minimum atomic E-state index is 0.146. The Bertz CT molecular complexity index is 416. The standard InChI is InChI=1S/C17H28N2O.C2H4/c1-13(11-15-7-4-3-5-8-15)20-17-10-6-9-16(12-17)14(2)19-18;1-2/h6,9-10,12-15,19H,3-5,7-8,11,18H2,1-2H3;1-2H2. The van der Waals surface area contributed by atoms with Gasteiger partial charge in [-0.2, -0.15) is 0 Å². The van der Waals surface area contributed by atoms with Crippen LogP contribution in [0.1, 0.15) is 64.0 Å². The molecule has 124 valence electrons. The molecule has 0 saturated heterocycles. The second kappa shape index (κ2) is 10.4. The zero-order chi connectivity index (χ0) is 16.4. The molecule has 3 heteroatoms. The molecule has 2 atom stereocenters. The molecule has 0 radical (unpaired) electrons. The Kier molecular flexibility index (Phi) is 8.86. The van der Waals surface area contributed by atoms with Gasteiger partial charge in [0.05, 0.1) is 6.10 Å². The summed E-state index contributed by atoms with van der Waals surface area (Å²) in [6.07, 6.45) is 8.42. The van der Waals surface area contributed by atoms with Gasteiger partial charge in [0.2, 0.25) is 0 Å². The fraction of sp³-hybridized carbons (Fsp3) is 0.579. The van der Waals surface area contributed by atoms with E-state index in [0.29, 0.717) is 0 Å². The lowest BCUT2D eigenvalue weighted by atomic mass is 9.85. The summed E-state index contributed by atoms with van der Waals surface area (Å²) in [6, 6.07) is 8.37. The Morgan fingerprint density at radius 1 is 1.23 bits per heavy atom. The molecule has 1 aliphatic rings. The van der Waals surface area contributed by atoms with E-state index in [-0.39, 0.29) is 12.1 Å². The molecule has 0 amide bonds. The van der Waals surface area contributed by atoms with Crippen LogP contribution in [0.15, 0.2) is 37.4 Å². The van der Waals surface area contributed by atoms with Crippen molar-refractivity contribution in [1.82, 2.24) is 5.43 Å². The summed E-state index contributed by atoms with van der Waals surface area (Å²) >= 11 is 0. The van der Waals surface area contributed by atoms with Gasteiger partial charge in [-0.05, 0) is 43.9 Å². The number of rotatable bonds is 6. The number of hydrogen-bond donors (Lipinski definition) is 2. The molecule has 2 rings (SSSR count). The van der Waals surface area contributed by atoms with Gasteiger partial charge in [-0.3, -0.25) is 11.3 Å². The summed E-state index contributed by atoms with van der Waals surface area (Å²) in [7, 11) is 0. The Labute approximate surface area is 135 Å². The molecular weight excluding hydrogens is 272 g/mol. The van der Waals surface area contributed by atoms with E-state index in [4.69, 9.17) is 10.6 Å². The van der Waals surface area contributed by atoms with Crippen molar-refractivity contribution in [1.29, 1.82) is 0 Å². The van der Waals surface area contributed by atoms with Crippen molar-refractivity contribution in [3.63, 3.8) is 0 Å². The fourth-order valence-corrected chi connectivity index (χ4v) is 3.13. The van der Waals surface area contributed by atoms with Crippen molar-refractivity contribution in [2.45, 2.75) is 64.5 Å². The number of hydrogen-bond acceptors (Lipinski definition) is 3. The van der Waals surface area contributed by atoms with Gasteiger partial charge in [0.15, 0.2) is 0 Å². The molecule has 1 aromatic rings. The molecule has 1 aliphatic carbocycles. The predicted molar refractivity (Wildman–Crippen MR) is 94.7 cm³/mol. The molecule has 1 saturated carbocycles. The lowest BCUT2D eigenvalue weighted by molar-refractivity contribution is 0.168. The molecule has 0 aromatic heterocycles. The van der Waals surface area contributed by atoms with Crippen molar-refractivity contribution in [2.75, 3.05) is 0 Å². The van der Waals surface area contributed by atoms with E-state index in [9.17, 15) is 0 Å². The van der Waals surface area contributed by atoms with Crippen LogP contribution in [0.3, 0.4) is 0 Å². The molecule has 1 aromatic carbocycles. The molecule has 0 aliphatic heterocycles.